The number of piperidine rings is 1. The lowest BCUT2D eigenvalue weighted by Crippen LogP contribution is -2.43. The molecule has 0 atom stereocenters. The number of nitrogens with one attached hydrogen (secondary N) is 1. The maximum Gasteiger partial charge on any atom is 0.251 e. The summed E-state index contributed by atoms with van der Waals surface area (Å²) in [4.78, 5) is 14.7. The van der Waals surface area contributed by atoms with E-state index in [1.54, 1.807) is 0 Å². The molecule has 0 unspecified atom stereocenters. The minimum Gasteiger partial charge on any atom is -0.310 e. The van der Waals surface area contributed by atoms with E-state index in [1.807, 2.05) is 0 Å². The third-order valence-corrected chi connectivity index (χ3v) is 7.26. The Morgan fingerprint density at radius 2 is 1.70 bits per heavy atom. The molecule has 4 nitrogen and oxygen atoms in total. The highest BCUT2D eigenvalue weighted by Gasteiger charge is 2.19. The lowest BCUT2D eigenvalue weighted by Gasteiger charge is -2.32. The molecule has 2 heterocycles. The number of hydrogen-bond acceptors (Lipinski definition) is 3. The predicted octanol–water partition coefficient (Wildman–Crippen LogP) is 4.41. The van der Waals surface area contributed by atoms with Gasteiger partial charge in [0.15, 0.2) is 0 Å². The summed E-state index contributed by atoms with van der Waals surface area (Å²) in [5, 5.41) is 4.00. The summed E-state index contributed by atoms with van der Waals surface area (Å²) in [6.45, 7) is 3.91. The van der Waals surface area contributed by atoms with E-state index in [1.165, 1.54) is 65.1 Å². The Bertz CT molecular complexity index is 1200. The van der Waals surface area contributed by atoms with Crippen molar-refractivity contribution in [3.63, 3.8) is 0 Å². The van der Waals surface area contributed by atoms with E-state index in [0.717, 1.165) is 38.5 Å². The van der Waals surface area contributed by atoms with Gasteiger partial charge < -0.3 is 14.8 Å². The second-order valence-corrected chi connectivity index (χ2v) is 9.45. The molecule has 0 spiro atoms. The minimum absolute atomic E-state index is 0.228. The topological polar surface area (TPSA) is 37.3 Å². The van der Waals surface area contributed by atoms with Crippen LogP contribution in [0.3, 0.4) is 0 Å². The fraction of sp³-hybridized carbons (Fsp3) is 0.444. The quantitative estimate of drug-likeness (QED) is 0.603. The van der Waals surface area contributed by atoms with Crippen LogP contribution < -0.4 is 10.9 Å². The Kier molecular flexibility index (Phi) is 6.56. The highest BCUT2D eigenvalue weighted by Crippen LogP contribution is 2.23. The van der Waals surface area contributed by atoms with Crippen molar-refractivity contribution in [2.45, 2.75) is 57.7 Å². The fourth-order valence-electron chi connectivity index (χ4n) is 5.31. The van der Waals surface area contributed by atoms with Gasteiger partial charge in [-0.05, 0) is 80.4 Å². The number of hydrogen-bond donors (Lipinski definition) is 1. The molecular weight excluding hydrogens is 420 g/mol. The van der Waals surface area contributed by atoms with Gasteiger partial charge in [-0.25, -0.2) is 8.78 Å². The van der Waals surface area contributed by atoms with Gasteiger partial charge in [-0.15, -0.1) is 0 Å². The Morgan fingerprint density at radius 3 is 2.52 bits per heavy atom. The van der Waals surface area contributed by atoms with Gasteiger partial charge in [0.25, 0.3) is 5.56 Å². The molecule has 1 aliphatic carbocycles. The number of fused-ring (bicyclic) bond motifs is 2. The molecule has 0 saturated carbocycles. The Balaban J connectivity index is 1.14. The van der Waals surface area contributed by atoms with E-state index in [4.69, 9.17) is 0 Å². The molecule has 2 aromatic carbocycles. The van der Waals surface area contributed by atoms with Crippen LogP contribution in [0.1, 0.15) is 42.4 Å². The van der Waals surface area contributed by atoms with Crippen LogP contribution in [-0.4, -0.2) is 35.1 Å². The molecule has 0 bridgehead atoms. The van der Waals surface area contributed by atoms with E-state index in [2.05, 4.69) is 28.4 Å². The summed E-state index contributed by atoms with van der Waals surface area (Å²) in [5.41, 5.74) is 4.51. The summed E-state index contributed by atoms with van der Waals surface area (Å²) in [7, 11) is 0. The summed E-state index contributed by atoms with van der Waals surface area (Å²) in [6.07, 6.45) is 7.15. The summed E-state index contributed by atoms with van der Waals surface area (Å²) < 4.78 is 29.3. The first-order valence-corrected chi connectivity index (χ1v) is 12.1. The average Bonchev–Trinajstić information content (AvgIpc) is 2.82. The normalized spacial score (nSPS) is 17.4. The monoisotopic (exact) mass is 451 g/mol. The molecule has 1 saturated heterocycles. The van der Waals surface area contributed by atoms with Crippen LogP contribution in [0.4, 0.5) is 8.78 Å². The van der Waals surface area contributed by atoms with E-state index in [9.17, 15) is 13.6 Å². The van der Waals surface area contributed by atoms with E-state index in [0.29, 0.717) is 24.6 Å². The van der Waals surface area contributed by atoms with Crippen LogP contribution in [-0.2, 0) is 25.9 Å². The highest BCUT2D eigenvalue weighted by atomic mass is 19.1. The number of aryl methyl sites for hydroxylation is 2. The van der Waals surface area contributed by atoms with Crippen molar-refractivity contribution in [3.05, 3.63) is 81.1 Å². The van der Waals surface area contributed by atoms with Crippen LogP contribution in [0, 0.1) is 11.6 Å². The highest BCUT2D eigenvalue weighted by molar-refractivity contribution is 5.79. The largest absolute Gasteiger partial charge is 0.310 e. The zero-order valence-corrected chi connectivity index (χ0v) is 19.0. The maximum atomic E-state index is 14.1. The summed E-state index contributed by atoms with van der Waals surface area (Å²) in [5.74, 6) is -1.30. The summed E-state index contributed by atoms with van der Waals surface area (Å²) >= 11 is 0. The smallest absolute Gasteiger partial charge is 0.251 e. The van der Waals surface area contributed by atoms with Crippen molar-refractivity contribution >= 4 is 10.9 Å². The van der Waals surface area contributed by atoms with Crippen molar-refractivity contribution in [1.29, 1.82) is 0 Å². The van der Waals surface area contributed by atoms with Gasteiger partial charge in [0.05, 0.1) is 5.52 Å². The zero-order chi connectivity index (χ0) is 22.8. The lowest BCUT2D eigenvalue weighted by atomic mass is 9.90. The number of aromatic nitrogens is 1. The van der Waals surface area contributed by atoms with Crippen LogP contribution in [0.2, 0.25) is 0 Å². The van der Waals surface area contributed by atoms with Gasteiger partial charge in [-0.1, -0.05) is 18.2 Å². The molecule has 0 amide bonds. The van der Waals surface area contributed by atoms with Crippen molar-refractivity contribution < 1.29 is 8.78 Å². The number of nitrogens with zero attached hydrogens (tertiary/aromatic N) is 2. The second-order valence-electron chi connectivity index (χ2n) is 9.45. The van der Waals surface area contributed by atoms with Gasteiger partial charge in [0, 0.05) is 43.2 Å². The van der Waals surface area contributed by atoms with Gasteiger partial charge in [-0.2, -0.15) is 0 Å². The fourth-order valence-corrected chi connectivity index (χ4v) is 5.31. The number of likely N-dealkylation sites (tertiary alicyclic amines) is 1. The van der Waals surface area contributed by atoms with E-state index >= 15 is 0 Å². The number of halogens is 2. The SMILES string of the molecule is O=c1ccc2c(F)cc(F)cc2n1CCN1CCC(NCc2ccc3c(c2)CCCC3)CC1. The Labute approximate surface area is 193 Å². The second kappa shape index (κ2) is 9.74. The first-order chi connectivity index (χ1) is 16.1. The molecule has 1 fully saturated rings. The first kappa shape index (κ1) is 22.2. The van der Waals surface area contributed by atoms with Gasteiger partial charge in [-0.3, -0.25) is 4.79 Å². The Hall–Kier alpha value is -2.57. The van der Waals surface area contributed by atoms with E-state index < -0.39 is 11.6 Å². The molecule has 1 aliphatic heterocycles. The van der Waals surface area contributed by atoms with Gasteiger partial charge in [0.1, 0.15) is 11.6 Å². The van der Waals surface area contributed by atoms with Crippen molar-refractivity contribution in [3.8, 4) is 0 Å². The van der Waals surface area contributed by atoms with Crippen molar-refractivity contribution in [2.75, 3.05) is 19.6 Å². The predicted molar refractivity (Wildman–Crippen MR) is 128 cm³/mol. The molecule has 3 aromatic rings. The molecule has 1 N–H and O–H groups in total. The van der Waals surface area contributed by atoms with Gasteiger partial charge >= 0.3 is 0 Å². The van der Waals surface area contributed by atoms with Crippen LogP contribution >= 0.6 is 0 Å². The minimum atomic E-state index is -0.662. The number of rotatable bonds is 6. The molecule has 6 heteroatoms. The van der Waals surface area contributed by atoms with Crippen LogP contribution in [0.5, 0.6) is 0 Å². The standard InChI is InChI=1S/C27H31F2N3O/c28-22-16-25(29)24-7-8-27(33)32(26(24)17-22)14-13-31-11-9-23(10-12-31)30-18-19-5-6-20-3-1-2-4-21(20)15-19/h5-8,15-17,23,30H,1-4,9-14,18H2. The third-order valence-electron chi connectivity index (χ3n) is 7.26. The van der Waals surface area contributed by atoms with Crippen molar-refractivity contribution in [1.82, 2.24) is 14.8 Å². The molecule has 33 heavy (non-hydrogen) atoms. The molecular formula is C27H31F2N3O. The van der Waals surface area contributed by atoms with E-state index in [-0.39, 0.29) is 10.9 Å². The van der Waals surface area contributed by atoms with Gasteiger partial charge in [0.2, 0.25) is 0 Å². The molecule has 1 aromatic heterocycles. The maximum absolute atomic E-state index is 14.1. The Morgan fingerprint density at radius 1 is 0.909 bits per heavy atom. The molecule has 2 aliphatic rings. The lowest BCUT2D eigenvalue weighted by molar-refractivity contribution is 0.191. The molecule has 174 valence electrons. The number of pyridine rings is 1. The average molecular weight is 452 g/mol. The first-order valence-electron chi connectivity index (χ1n) is 12.1. The van der Waals surface area contributed by atoms with Crippen molar-refractivity contribution in [2.24, 2.45) is 0 Å². The zero-order valence-electron chi connectivity index (χ0n) is 19.0. The van der Waals surface area contributed by atoms with Crippen LogP contribution in [0.25, 0.3) is 10.9 Å². The molecule has 5 rings (SSSR count). The number of benzene rings is 2. The molecule has 0 radical (unpaired) electrons. The van der Waals surface area contributed by atoms with Crippen LogP contribution in [0.15, 0.2) is 47.3 Å². The summed E-state index contributed by atoms with van der Waals surface area (Å²) in [6, 6.07) is 12.3. The third kappa shape index (κ3) is 5.02.